The van der Waals surface area contributed by atoms with E-state index in [2.05, 4.69) is 45.1 Å². The Labute approximate surface area is 105 Å². The molecule has 1 N–H and O–H groups in total. The van der Waals surface area contributed by atoms with Crippen molar-refractivity contribution in [3.63, 3.8) is 0 Å². The second-order valence-corrected chi connectivity index (χ2v) is 5.47. The number of piperidine rings is 1. The number of nitrogens with zero attached hydrogens (tertiary/aromatic N) is 1. The monoisotopic (exact) mass is 283 g/mol. The Hall–Kier alpha value is -0.380. The second kappa shape index (κ2) is 5.80. The largest absolute Gasteiger partial charge is 0.396 e. The molecule has 88 valence electrons. The van der Waals surface area contributed by atoms with E-state index in [-0.39, 0.29) is 0 Å². The van der Waals surface area contributed by atoms with Crippen molar-refractivity contribution in [2.75, 3.05) is 19.7 Å². The van der Waals surface area contributed by atoms with Gasteiger partial charge in [-0.25, -0.2) is 0 Å². The van der Waals surface area contributed by atoms with Gasteiger partial charge in [0.2, 0.25) is 0 Å². The van der Waals surface area contributed by atoms with Crippen LogP contribution in [-0.2, 0) is 6.54 Å². The molecule has 0 aromatic heterocycles. The second-order valence-electron chi connectivity index (χ2n) is 4.55. The van der Waals surface area contributed by atoms with Gasteiger partial charge in [0, 0.05) is 24.2 Å². The highest BCUT2D eigenvalue weighted by Crippen LogP contribution is 2.19. The van der Waals surface area contributed by atoms with Crippen LogP contribution >= 0.6 is 15.9 Å². The summed E-state index contributed by atoms with van der Waals surface area (Å²) in [6, 6.07) is 8.49. The zero-order valence-corrected chi connectivity index (χ0v) is 11.0. The van der Waals surface area contributed by atoms with Crippen LogP contribution in [0.3, 0.4) is 0 Å². The molecule has 1 saturated heterocycles. The van der Waals surface area contributed by atoms with Crippen molar-refractivity contribution in [2.24, 2.45) is 5.92 Å². The van der Waals surface area contributed by atoms with Crippen molar-refractivity contribution in [3.8, 4) is 0 Å². The van der Waals surface area contributed by atoms with Gasteiger partial charge in [0.05, 0.1) is 0 Å². The van der Waals surface area contributed by atoms with Crippen LogP contribution in [0.25, 0.3) is 0 Å². The molecule has 1 atom stereocenters. The zero-order chi connectivity index (χ0) is 11.4. The van der Waals surface area contributed by atoms with Crippen LogP contribution in [-0.4, -0.2) is 29.7 Å². The minimum absolute atomic E-state index is 0.330. The van der Waals surface area contributed by atoms with Crippen molar-refractivity contribution in [2.45, 2.75) is 19.4 Å². The fourth-order valence-corrected chi connectivity index (χ4v) is 2.56. The molecule has 1 aromatic carbocycles. The third-order valence-corrected chi connectivity index (χ3v) is 3.71. The predicted octanol–water partition coefficient (Wildman–Crippen LogP) is 2.65. The highest BCUT2D eigenvalue weighted by atomic mass is 79.9. The van der Waals surface area contributed by atoms with Crippen molar-refractivity contribution in [3.05, 3.63) is 34.3 Å². The molecular formula is C13H18BrNO. The molecule has 1 aromatic rings. The average molecular weight is 284 g/mol. The van der Waals surface area contributed by atoms with Crippen molar-refractivity contribution < 1.29 is 5.11 Å². The molecule has 0 amide bonds. The zero-order valence-electron chi connectivity index (χ0n) is 9.40. The van der Waals surface area contributed by atoms with Gasteiger partial charge in [-0.05, 0) is 43.0 Å². The summed E-state index contributed by atoms with van der Waals surface area (Å²) in [4.78, 5) is 2.44. The molecule has 0 bridgehead atoms. The molecule has 1 aliphatic rings. The Morgan fingerprint density at radius 2 is 2.06 bits per heavy atom. The normalized spacial score (nSPS) is 22.2. The van der Waals surface area contributed by atoms with Gasteiger partial charge in [0.1, 0.15) is 0 Å². The number of aliphatic hydroxyl groups excluding tert-OH is 1. The van der Waals surface area contributed by atoms with Crippen LogP contribution in [0, 0.1) is 5.92 Å². The minimum Gasteiger partial charge on any atom is -0.396 e. The highest BCUT2D eigenvalue weighted by molar-refractivity contribution is 9.10. The fourth-order valence-electron chi connectivity index (χ4n) is 2.29. The van der Waals surface area contributed by atoms with E-state index in [0.29, 0.717) is 12.5 Å². The minimum atomic E-state index is 0.330. The molecule has 3 heteroatoms. The van der Waals surface area contributed by atoms with E-state index in [1.165, 1.54) is 18.4 Å². The Balaban J connectivity index is 1.91. The molecule has 0 radical (unpaired) electrons. The molecule has 1 unspecified atom stereocenters. The third kappa shape index (κ3) is 3.30. The quantitative estimate of drug-likeness (QED) is 0.922. The van der Waals surface area contributed by atoms with Gasteiger partial charge in [-0.2, -0.15) is 0 Å². The first-order valence-corrected chi connectivity index (χ1v) is 6.65. The van der Waals surface area contributed by atoms with Crippen molar-refractivity contribution in [1.29, 1.82) is 0 Å². The van der Waals surface area contributed by atoms with Gasteiger partial charge in [-0.3, -0.25) is 4.90 Å². The van der Waals surface area contributed by atoms with Gasteiger partial charge in [-0.15, -0.1) is 0 Å². The Morgan fingerprint density at radius 3 is 2.75 bits per heavy atom. The Bertz CT molecular complexity index is 325. The topological polar surface area (TPSA) is 23.5 Å². The van der Waals surface area contributed by atoms with E-state index in [1.54, 1.807) is 0 Å². The number of benzene rings is 1. The third-order valence-electron chi connectivity index (χ3n) is 3.18. The maximum atomic E-state index is 9.18. The first-order valence-electron chi connectivity index (χ1n) is 5.85. The smallest absolute Gasteiger partial charge is 0.0471 e. The van der Waals surface area contributed by atoms with Crippen LogP contribution in [0.4, 0.5) is 0 Å². The summed E-state index contributed by atoms with van der Waals surface area (Å²) in [5, 5.41) is 9.18. The summed E-state index contributed by atoms with van der Waals surface area (Å²) in [6.07, 6.45) is 2.38. The number of hydrogen-bond donors (Lipinski definition) is 1. The van der Waals surface area contributed by atoms with Gasteiger partial charge < -0.3 is 5.11 Å². The molecule has 16 heavy (non-hydrogen) atoms. The van der Waals surface area contributed by atoms with E-state index < -0.39 is 0 Å². The Kier molecular flexibility index (Phi) is 4.38. The Morgan fingerprint density at radius 1 is 1.31 bits per heavy atom. The maximum Gasteiger partial charge on any atom is 0.0471 e. The summed E-state index contributed by atoms with van der Waals surface area (Å²) in [5.41, 5.74) is 1.35. The first kappa shape index (κ1) is 12.1. The number of hydrogen-bond acceptors (Lipinski definition) is 2. The van der Waals surface area contributed by atoms with Crippen LogP contribution in [0.5, 0.6) is 0 Å². The SMILES string of the molecule is OCC1CCCN(Cc2ccc(Br)cc2)C1. The lowest BCUT2D eigenvalue weighted by molar-refractivity contribution is 0.116. The number of likely N-dealkylation sites (tertiary alicyclic amines) is 1. The number of aliphatic hydroxyl groups is 1. The molecule has 2 nitrogen and oxygen atoms in total. The first-order chi connectivity index (χ1) is 7.78. The summed E-state index contributed by atoms with van der Waals surface area (Å²) in [7, 11) is 0. The van der Waals surface area contributed by atoms with Crippen LogP contribution < -0.4 is 0 Å². The lowest BCUT2D eigenvalue weighted by Crippen LogP contribution is -2.36. The van der Waals surface area contributed by atoms with Gasteiger partial charge in [0.25, 0.3) is 0 Å². The van der Waals surface area contributed by atoms with Gasteiger partial charge >= 0.3 is 0 Å². The molecule has 2 rings (SSSR count). The standard InChI is InChI=1S/C13H18BrNO/c14-13-5-3-11(4-6-13)8-15-7-1-2-12(9-15)10-16/h3-6,12,16H,1-2,7-10H2. The lowest BCUT2D eigenvalue weighted by atomic mass is 9.98. The average Bonchev–Trinajstić information content (AvgIpc) is 2.32. The molecule has 1 heterocycles. The molecular weight excluding hydrogens is 266 g/mol. The molecule has 0 aliphatic carbocycles. The molecule has 1 fully saturated rings. The van der Waals surface area contributed by atoms with Crippen LogP contribution in [0.2, 0.25) is 0 Å². The highest BCUT2D eigenvalue weighted by Gasteiger charge is 2.18. The fraction of sp³-hybridized carbons (Fsp3) is 0.538. The summed E-state index contributed by atoms with van der Waals surface area (Å²) >= 11 is 3.44. The summed E-state index contributed by atoms with van der Waals surface area (Å²) < 4.78 is 1.13. The lowest BCUT2D eigenvalue weighted by Gasteiger charge is -2.31. The van der Waals surface area contributed by atoms with E-state index in [0.717, 1.165) is 24.1 Å². The molecule has 1 aliphatic heterocycles. The summed E-state index contributed by atoms with van der Waals surface area (Å²) in [6.45, 7) is 3.53. The van der Waals surface area contributed by atoms with Crippen molar-refractivity contribution >= 4 is 15.9 Å². The van der Waals surface area contributed by atoms with Gasteiger partial charge in [-0.1, -0.05) is 28.1 Å². The van der Waals surface area contributed by atoms with Crippen LogP contribution in [0.1, 0.15) is 18.4 Å². The van der Waals surface area contributed by atoms with Gasteiger partial charge in [0.15, 0.2) is 0 Å². The maximum absolute atomic E-state index is 9.18. The van der Waals surface area contributed by atoms with Crippen molar-refractivity contribution in [1.82, 2.24) is 4.90 Å². The van der Waals surface area contributed by atoms with E-state index >= 15 is 0 Å². The number of rotatable bonds is 3. The van der Waals surface area contributed by atoms with E-state index in [9.17, 15) is 5.11 Å². The van der Waals surface area contributed by atoms with E-state index in [1.807, 2.05) is 0 Å². The molecule has 0 spiro atoms. The van der Waals surface area contributed by atoms with Crippen LogP contribution in [0.15, 0.2) is 28.7 Å². The molecule has 0 saturated carbocycles. The predicted molar refractivity (Wildman–Crippen MR) is 69.2 cm³/mol. The van der Waals surface area contributed by atoms with E-state index in [4.69, 9.17) is 0 Å². The summed E-state index contributed by atoms with van der Waals surface area (Å²) in [5.74, 6) is 0.476. The number of halogens is 1.